The van der Waals surface area contributed by atoms with Gasteiger partial charge in [0.25, 0.3) is 5.69 Å². The van der Waals surface area contributed by atoms with Gasteiger partial charge in [-0.15, -0.1) is 0 Å². The standard InChI is InChI=1S/C13H17NO5/c1-18-12-6-9(8-15)11(14(16)17)7-13(12)19-10-4-2-3-5-10/h6-7,10,15H,2-5,8H2,1H3. The number of aliphatic hydroxyl groups is 1. The molecule has 0 unspecified atom stereocenters. The van der Waals surface area contributed by atoms with E-state index in [0.29, 0.717) is 11.5 Å². The summed E-state index contributed by atoms with van der Waals surface area (Å²) in [6.07, 6.45) is 4.24. The van der Waals surface area contributed by atoms with Gasteiger partial charge in [-0.05, 0) is 31.7 Å². The lowest BCUT2D eigenvalue weighted by Crippen LogP contribution is -2.12. The van der Waals surface area contributed by atoms with E-state index in [2.05, 4.69) is 0 Å². The van der Waals surface area contributed by atoms with Crippen molar-refractivity contribution in [1.82, 2.24) is 0 Å². The van der Waals surface area contributed by atoms with Crippen molar-refractivity contribution in [3.8, 4) is 11.5 Å². The fourth-order valence-electron chi connectivity index (χ4n) is 2.33. The predicted octanol–water partition coefficient (Wildman–Crippen LogP) is 2.42. The molecule has 0 aliphatic heterocycles. The van der Waals surface area contributed by atoms with Crippen molar-refractivity contribution in [2.45, 2.75) is 38.4 Å². The predicted molar refractivity (Wildman–Crippen MR) is 68.5 cm³/mol. The number of rotatable bonds is 5. The second-order valence-corrected chi connectivity index (χ2v) is 4.57. The van der Waals surface area contributed by atoms with Crippen LogP contribution in [-0.2, 0) is 6.61 Å². The molecule has 0 amide bonds. The van der Waals surface area contributed by atoms with Gasteiger partial charge in [-0.25, -0.2) is 0 Å². The number of hydrogen-bond acceptors (Lipinski definition) is 5. The van der Waals surface area contributed by atoms with Crippen LogP contribution in [0, 0.1) is 10.1 Å². The first-order chi connectivity index (χ1) is 9.15. The lowest BCUT2D eigenvalue weighted by atomic mass is 10.1. The lowest BCUT2D eigenvalue weighted by Gasteiger charge is -2.16. The molecule has 6 nitrogen and oxygen atoms in total. The van der Waals surface area contributed by atoms with Crippen LogP contribution in [0.1, 0.15) is 31.2 Å². The van der Waals surface area contributed by atoms with Gasteiger partial charge < -0.3 is 14.6 Å². The van der Waals surface area contributed by atoms with Crippen molar-refractivity contribution in [3.63, 3.8) is 0 Å². The van der Waals surface area contributed by atoms with Gasteiger partial charge in [-0.2, -0.15) is 0 Å². The second-order valence-electron chi connectivity index (χ2n) is 4.57. The summed E-state index contributed by atoms with van der Waals surface area (Å²) in [4.78, 5) is 10.4. The first-order valence-electron chi connectivity index (χ1n) is 6.28. The molecule has 0 spiro atoms. The maximum absolute atomic E-state index is 11.0. The summed E-state index contributed by atoms with van der Waals surface area (Å²) in [6.45, 7) is -0.406. The van der Waals surface area contributed by atoms with E-state index in [-0.39, 0.29) is 17.4 Å². The number of nitro benzene ring substituents is 1. The zero-order valence-electron chi connectivity index (χ0n) is 10.8. The van der Waals surface area contributed by atoms with Gasteiger partial charge in [0.1, 0.15) is 0 Å². The van der Waals surface area contributed by atoms with Crippen LogP contribution in [0.4, 0.5) is 5.69 Å². The Hall–Kier alpha value is -1.82. The van der Waals surface area contributed by atoms with Crippen LogP contribution < -0.4 is 9.47 Å². The highest BCUT2D eigenvalue weighted by atomic mass is 16.6. The molecule has 0 radical (unpaired) electrons. The Morgan fingerprint density at radius 3 is 2.58 bits per heavy atom. The van der Waals surface area contributed by atoms with Crippen LogP contribution in [0.25, 0.3) is 0 Å². The van der Waals surface area contributed by atoms with E-state index in [1.165, 1.54) is 19.2 Å². The van der Waals surface area contributed by atoms with Gasteiger partial charge in [0.2, 0.25) is 0 Å². The van der Waals surface area contributed by atoms with Crippen molar-refractivity contribution in [2.24, 2.45) is 0 Å². The van der Waals surface area contributed by atoms with Gasteiger partial charge in [-0.3, -0.25) is 10.1 Å². The number of ether oxygens (including phenoxy) is 2. The molecule has 1 fully saturated rings. The Balaban J connectivity index is 2.34. The largest absolute Gasteiger partial charge is 0.493 e. The average Bonchev–Trinajstić information content (AvgIpc) is 2.91. The molecule has 6 heteroatoms. The van der Waals surface area contributed by atoms with Crippen LogP contribution in [0.3, 0.4) is 0 Å². The van der Waals surface area contributed by atoms with Crippen molar-refractivity contribution in [1.29, 1.82) is 0 Å². The molecule has 104 valence electrons. The molecule has 19 heavy (non-hydrogen) atoms. The normalized spacial score (nSPS) is 15.5. The van der Waals surface area contributed by atoms with Crippen molar-refractivity contribution < 1.29 is 19.5 Å². The van der Waals surface area contributed by atoms with Crippen LogP contribution in [0.5, 0.6) is 11.5 Å². The number of hydrogen-bond donors (Lipinski definition) is 1. The average molecular weight is 267 g/mol. The summed E-state index contributed by atoms with van der Waals surface area (Å²) in [5, 5.41) is 20.1. The number of methoxy groups -OCH3 is 1. The van der Waals surface area contributed by atoms with E-state index in [1.54, 1.807) is 0 Å². The molecule has 1 aliphatic carbocycles. The molecule has 2 rings (SSSR count). The Labute approximate surface area is 111 Å². The third-order valence-corrected chi connectivity index (χ3v) is 3.33. The molecule has 1 N–H and O–H groups in total. The van der Waals surface area contributed by atoms with Crippen molar-refractivity contribution in [2.75, 3.05) is 7.11 Å². The number of benzene rings is 1. The third kappa shape index (κ3) is 2.96. The molecule has 0 heterocycles. The van der Waals surface area contributed by atoms with Gasteiger partial charge in [-0.1, -0.05) is 0 Å². The monoisotopic (exact) mass is 267 g/mol. The van der Waals surface area contributed by atoms with Gasteiger partial charge >= 0.3 is 0 Å². The van der Waals surface area contributed by atoms with Crippen LogP contribution >= 0.6 is 0 Å². The van der Waals surface area contributed by atoms with Crippen LogP contribution in [0.2, 0.25) is 0 Å². The van der Waals surface area contributed by atoms with Crippen LogP contribution in [-0.4, -0.2) is 23.2 Å². The molecule has 0 atom stereocenters. The molecule has 1 aliphatic rings. The maximum Gasteiger partial charge on any atom is 0.278 e. The molecular weight excluding hydrogens is 250 g/mol. The first kappa shape index (κ1) is 13.6. The maximum atomic E-state index is 11.0. The van der Waals surface area contributed by atoms with E-state index >= 15 is 0 Å². The molecule has 1 saturated carbocycles. The molecule has 0 saturated heterocycles. The molecule has 1 aromatic carbocycles. The summed E-state index contributed by atoms with van der Waals surface area (Å²) in [5.41, 5.74) is 0.0805. The highest BCUT2D eigenvalue weighted by Crippen LogP contribution is 2.37. The lowest BCUT2D eigenvalue weighted by molar-refractivity contribution is -0.386. The quantitative estimate of drug-likeness (QED) is 0.654. The number of nitrogens with zero attached hydrogens (tertiary/aromatic N) is 1. The highest BCUT2D eigenvalue weighted by molar-refractivity contribution is 5.54. The topological polar surface area (TPSA) is 81.8 Å². The van der Waals surface area contributed by atoms with E-state index < -0.39 is 11.5 Å². The minimum atomic E-state index is -0.521. The van der Waals surface area contributed by atoms with Crippen molar-refractivity contribution >= 4 is 5.69 Å². The fourth-order valence-corrected chi connectivity index (χ4v) is 2.33. The second kappa shape index (κ2) is 5.88. The SMILES string of the molecule is COc1cc(CO)c([N+](=O)[O-])cc1OC1CCCC1. The van der Waals surface area contributed by atoms with Crippen molar-refractivity contribution in [3.05, 3.63) is 27.8 Å². The summed E-state index contributed by atoms with van der Waals surface area (Å²) < 4.78 is 11.0. The van der Waals surface area contributed by atoms with Gasteiger partial charge in [0.05, 0.1) is 36.4 Å². The summed E-state index contributed by atoms with van der Waals surface area (Å²) in [7, 11) is 1.48. The zero-order valence-corrected chi connectivity index (χ0v) is 10.8. The van der Waals surface area contributed by atoms with Gasteiger partial charge in [0.15, 0.2) is 11.5 Å². The summed E-state index contributed by atoms with van der Waals surface area (Å²) in [5.74, 6) is 0.792. The molecule has 0 aromatic heterocycles. The first-order valence-corrected chi connectivity index (χ1v) is 6.28. The number of aliphatic hydroxyl groups excluding tert-OH is 1. The molecule has 0 bridgehead atoms. The Kier molecular flexibility index (Phi) is 4.21. The highest BCUT2D eigenvalue weighted by Gasteiger charge is 2.23. The Morgan fingerprint density at radius 2 is 2.05 bits per heavy atom. The van der Waals surface area contributed by atoms with Crippen LogP contribution in [0.15, 0.2) is 12.1 Å². The fraction of sp³-hybridized carbons (Fsp3) is 0.538. The van der Waals surface area contributed by atoms with E-state index in [0.717, 1.165) is 25.7 Å². The molecular formula is C13H17NO5. The van der Waals surface area contributed by atoms with E-state index in [4.69, 9.17) is 14.6 Å². The number of nitro groups is 1. The third-order valence-electron chi connectivity index (χ3n) is 3.33. The minimum absolute atomic E-state index is 0.0912. The van der Waals surface area contributed by atoms with Gasteiger partial charge in [0, 0.05) is 0 Å². The molecule has 1 aromatic rings. The Bertz CT molecular complexity index is 468. The smallest absolute Gasteiger partial charge is 0.278 e. The summed E-state index contributed by atoms with van der Waals surface area (Å²) >= 11 is 0. The summed E-state index contributed by atoms with van der Waals surface area (Å²) in [6, 6.07) is 2.80. The van der Waals surface area contributed by atoms with E-state index in [1.807, 2.05) is 0 Å². The zero-order chi connectivity index (χ0) is 13.8. The van der Waals surface area contributed by atoms with E-state index in [9.17, 15) is 10.1 Å². The Morgan fingerprint density at radius 1 is 1.37 bits per heavy atom. The minimum Gasteiger partial charge on any atom is -0.493 e.